The lowest BCUT2D eigenvalue weighted by Gasteiger charge is -2.42. The summed E-state index contributed by atoms with van der Waals surface area (Å²) in [7, 11) is 2.26. The topological polar surface area (TPSA) is 22.6 Å². The Hall–Kier alpha value is -1.75. The summed E-state index contributed by atoms with van der Waals surface area (Å²) in [5.74, 6) is 0.808. The summed E-state index contributed by atoms with van der Waals surface area (Å²) >= 11 is 0. The molecule has 0 saturated carbocycles. The minimum absolute atomic E-state index is 0.808. The van der Waals surface area contributed by atoms with Crippen LogP contribution in [0.1, 0.15) is 36.8 Å². The van der Waals surface area contributed by atoms with E-state index >= 15 is 0 Å². The van der Waals surface area contributed by atoms with Crippen molar-refractivity contribution in [1.82, 2.24) is 19.7 Å². The second-order valence-corrected chi connectivity index (χ2v) is 9.02. The first-order valence-electron chi connectivity index (χ1n) is 11.3. The summed E-state index contributed by atoms with van der Waals surface area (Å²) in [4.78, 5) is 12.1. The zero-order valence-electron chi connectivity index (χ0n) is 17.9. The molecule has 0 amide bonds. The van der Waals surface area contributed by atoms with Gasteiger partial charge in [0, 0.05) is 38.1 Å². The van der Waals surface area contributed by atoms with Crippen molar-refractivity contribution >= 4 is 0 Å². The molecular formula is C25H36N4. The summed E-state index contributed by atoms with van der Waals surface area (Å²) in [5, 5.41) is 0. The number of piperidine rings is 2. The van der Waals surface area contributed by atoms with Crippen molar-refractivity contribution in [3.63, 3.8) is 0 Å². The molecule has 0 bridgehead atoms. The SMILES string of the molecule is CN1CCC(N2CCC(CN(Cc3ccccc3)Cc3ccncc3)CC2)CC1. The number of nitrogens with zero attached hydrogens (tertiary/aromatic N) is 4. The van der Waals surface area contributed by atoms with Crippen molar-refractivity contribution in [2.45, 2.75) is 44.8 Å². The van der Waals surface area contributed by atoms with Crippen LogP contribution in [0.15, 0.2) is 54.9 Å². The standard InChI is InChI=1S/C25H36N4/c1-27-15-11-25(12-16-27)29-17-9-24(10-18-29)21-28(19-22-5-3-2-4-6-22)20-23-7-13-26-14-8-23/h2-8,13-14,24-25H,9-12,15-21H2,1H3. The zero-order valence-corrected chi connectivity index (χ0v) is 17.9. The maximum atomic E-state index is 4.18. The smallest absolute Gasteiger partial charge is 0.0271 e. The summed E-state index contributed by atoms with van der Waals surface area (Å²) < 4.78 is 0. The van der Waals surface area contributed by atoms with Crippen molar-refractivity contribution in [2.24, 2.45) is 5.92 Å². The molecule has 4 heteroatoms. The number of rotatable bonds is 7. The maximum Gasteiger partial charge on any atom is 0.0271 e. The average molecular weight is 393 g/mol. The predicted molar refractivity (Wildman–Crippen MR) is 120 cm³/mol. The highest BCUT2D eigenvalue weighted by Crippen LogP contribution is 2.25. The minimum Gasteiger partial charge on any atom is -0.306 e. The summed E-state index contributed by atoms with van der Waals surface area (Å²) in [5.41, 5.74) is 2.77. The molecule has 0 unspecified atom stereocenters. The fourth-order valence-corrected chi connectivity index (χ4v) is 5.00. The van der Waals surface area contributed by atoms with Crippen molar-refractivity contribution in [2.75, 3.05) is 39.8 Å². The Labute approximate surface area is 176 Å². The van der Waals surface area contributed by atoms with Crippen LogP contribution in [0.4, 0.5) is 0 Å². The molecule has 1 aromatic heterocycles. The molecule has 156 valence electrons. The zero-order chi connectivity index (χ0) is 19.9. The molecule has 2 aliphatic heterocycles. The number of hydrogen-bond acceptors (Lipinski definition) is 4. The Balaban J connectivity index is 1.32. The van der Waals surface area contributed by atoms with Crippen LogP contribution < -0.4 is 0 Å². The van der Waals surface area contributed by atoms with Crippen LogP contribution in [-0.4, -0.2) is 65.5 Å². The van der Waals surface area contributed by atoms with Gasteiger partial charge in [-0.25, -0.2) is 0 Å². The van der Waals surface area contributed by atoms with Crippen molar-refractivity contribution < 1.29 is 0 Å². The number of pyridine rings is 1. The quantitative estimate of drug-likeness (QED) is 0.713. The third-order valence-corrected chi connectivity index (χ3v) is 6.77. The Morgan fingerprint density at radius 1 is 0.828 bits per heavy atom. The lowest BCUT2D eigenvalue weighted by molar-refractivity contribution is 0.0728. The second kappa shape index (κ2) is 10.3. The van der Waals surface area contributed by atoms with E-state index in [-0.39, 0.29) is 0 Å². The Bertz CT molecular complexity index is 663. The van der Waals surface area contributed by atoms with Crippen LogP contribution in [0.2, 0.25) is 0 Å². The van der Waals surface area contributed by atoms with Gasteiger partial charge in [-0.15, -0.1) is 0 Å². The van der Waals surface area contributed by atoms with Gasteiger partial charge >= 0.3 is 0 Å². The predicted octanol–water partition coefficient (Wildman–Crippen LogP) is 3.89. The molecule has 4 rings (SSSR count). The number of hydrogen-bond donors (Lipinski definition) is 0. The lowest BCUT2D eigenvalue weighted by atomic mass is 9.92. The highest BCUT2D eigenvalue weighted by atomic mass is 15.2. The average Bonchev–Trinajstić information content (AvgIpc) is 2.76. The molecular weight excluding hydrogens is 356 g/mol. The van der Waals surface area contributed by atoms with E-state index in [1.165, 1.54) is 69.5 Å². The lowest BCUT2D eigenvalue weighted by Crippen LogP contribution is -2.47. The van der Waals surface area contributed by atoms with E-state index in [4.69, 9.17) is 0 Å². The Kier molecular flexibility index (Phi) is 7.31. The molecule has 29 heavy (non-hydrogen) atoms. The van der Waals surface area contributed by atoms with Crippen LogP contribution in [-0.2, 0) is 13.1 Å². The molecule has 2 aromatic rings. The van der Waals surface area contributed by atoms with Gasteiger partial charge in [-0.3, -0.25) is 9.88 Å². The number of aromatic nitrogens is 1. The van der Waals surface area contributed by atoms with Crippen LogP contribution in [0.25, 0.3) is 0 Å². The summed E-state index contributed by atoms with van der Waals surface area (Å²) in [6.45, 7) is 8.33. The molecule has 1 aromatic carbocycles. The fourth-order valence-electron chi connectivity index (χ4n) is 5.00. The number of benzene rings is 1. The van der Waals surface area contributed by atoms with Gasteiger partial charge in [0.05, 0.1) is 0 Å². The van der Waals surface area contributed by atoms with Crippen LogP contribution >= 0.6 is 0 Å². The minimum atomic E-state index is 0.808. The van der Waals surface area contributed by atoms with Gasteiger partial charge in [0.2, 0.25) is 0 Å². The molecule has 0 aliphatic carbocycles. The molecule has 3 heterocycles. The van der Waals surface area contributed by atoms with Gasteiger partial charge in [0.15, 0.2) is 0 Å². The second-order valence-electron chi connectivity index (χ2n) is 9.02. The molecule has 0 radical (unpaired) electrons. The largest absolute Gasteiger partial charge is 0.306 e. The summed E-state index contributed by atoms with van der Waals surface area (Å²) in [6, 6.07) is 16.0. The van der Waals surface area contributed by atoms with Gasteiger partial charge in [0.1, 0.15) is 0 Å². The van der Waals surface area contributed by atoms with E-state index in [1.807, 2.05) is 12.4 Å². The molecule has 2 aliphatic rings. The third kappa shape index (κ3) is 6.11. The van der Waals surface area contributed by atoms with Crippen LogP contribution in [0.3, 0.4) is 0 Å². The van der Waals surface area contributed by atoms with Gasteiger partial charge in [0.25, 0.3) is 0 Å². The molecule has 0 spiro atoms. The molecule has 2 saturated heterocycles. The highest BCUT2D eigenvalue weighted by Gasteiger charge is 2.28. The van der Waals surface area contributed by atoms with E-state index in [0.29, 0.717) is 0 Å². The van der Waals surface area contributed by atoms with Crippen LogP contribution in [0.5, 0.6) is 0 Å². The normalized spacial score (nSPS) is 20.3. The fraction of sp³-hybridized carbons (Fsp3) is 0.560. The van der Waals surface area contributed by atoms with E-state index in [2.05, 4.69) is 69.2 Å². The molecule has 0 N–H and O–H groups in total. The first kappa shape index (κ1) is 20.5. The van der Waals surface area contributed by atoms with E-state index in [9.17, 15) is 0 Å². The molecule has 0 atom stereocenters. The van der Waals surface area contributed by atoms with Gasteiger partial charge in [-0.1, -0.05) is 30.3 Å². The van der Waals surface area contributed by atoms with E-state index in [1.54, 1.807) is 0 Å². The maximum absolute atomic E-state index is 4.18. The third-order valence-electron chi connectivity index (χ3n) is 6.77. The van der Waals surface area contributed by atoms with E-state index < -0.39 is 0 Å². The van der Waals surface area contributed by atoms with Gasteiger partial charge in [-0.2, -0.15) is 0 Å². The van der Waals surface area contributed by atoms with Crippen molar-refractivity contribution in [3.8, 4) is 0 Å². The van der Waals surface area contributed by atoms with Crippen molar-refractivity contribution in [3.05, 3.63) is 66.0 Å². The van der Waals surface area contributed by atoms with Gasteiger partial charge in [-0.05, 0) is 88.1 Å². The Morgan fingerprint density at radius 2 is 1.45 bits per heavy atom. The van der Waals surface area contributed by atoms with Crippen LogP contribution in [0, 0.1) is 5.92 Å². The van der Waals surface area contributed by atoms with Gasteiger partial charge < -0.3 is 9.80 Å². The summed E-state index contributed by atoms with van der Waals surface area (Å²) in [6.07, 6.45) is 9.21. The Morgan fingerprint density at radius 3 is 2.10 bits per heavy atom. The highest BCUT2D eigenvalue weighted by molar-refractivity contribution is 5.15. The first-order chi connectivity index (χ1) is 14.3. The first-order valence-corrected chi connectivity index (χ1v) is 11.3. The monoisotopic (exact) mass is 392 g/mol. The molecule has 4 nitrogen and oxygen atoms in total. The number of likely N-dealkylation sites (tertiary alicyclic amines) is 2. The van der Waals surface area contributed by atoms with Crippen molar-refractivity contribution in [1.29, 1.82) is 0 Å². The van der Waals surface area contributed by atoms with E-state index in [0.717, 1.165) is 25.0 Å². The molecule has 2 fully saturated rings.